The van der Waals surface area contributed by atoms with Crippen LogP contribution in [0.2, 0.25) is 0 Å². The first kappa shape index (κ1) is 13.5. The molecule has 3 rings (SSSR count). The number of nitrogens with zero attached hydrogens (tertiary/aromatic N) is 3. The monoisotopic (exact) mass is 283 g/mol. The molecule has 0 spiro atoms. The Hall–Kier alpha value is -2.43. The van der Waals surface area contributed by atoms with Gasteiger partial charge in [0.1, 0.15) is 0 Å². The molecule has 21 heavy (non-hydrogen) atoms. The quantitative estimate of drug-likeness (QED) is 0.810. The van der Waals surface area contributed by atoms with E-state index in [0.717, 1.165) is 11.4 Å². The molecule has 0 N–H and O–H groups in total. The Kier molecular flexibility index (Phi) is 3.33. The van der Waals surface area contributed by atoms with Crippen LogP contribution in [0.3, 0.4) is 0 Å². The van der Waals surface area contributed by atoms with E-state index in [2.05, 4.69) is 5.10 Å². The van der Waals surface area contributed by atoms with Crippen molar-refractivity contribution in [3.63, 3.8) is 0 Å². The van der Waals surface area contributed by atoms with Crippen LogP contribution in [-0.2, 0) is 16.1 Å². The average molecular weight is 283 g/mol. The Morgan fingerprint density at radius 1 is 1.19 bits per heavy atom. The van der Waals surface area contributed by atoms with E-state index in [1.165, 1.54) is 4.90 Å². The van der Waals surface area contributed by atoms with Crippen LogP contribution in [0.5, 0.6) is 0 Å². The first-order chi connectivity index (χ1) is 10.1. The zero-order valence-corrected chi connectivity index (χ0v) is 12.1. The third-order valence-corrected chi connectivity index (χ3v) is 3.75. The van der Waals surface area contributed by atoms with Gasteiger partial charge in [-0.1, -0.05) is 18.2 Å². The normalized spacial score (nSPS) is 18.6. The molecule has 0 saturated carbocycles. The fraction of sp³-hybridized carbons (Fsp3) is 0.312. The Morgan fingerprint density at radius 2 is 1.90 bits per heavy atom. The number of benzene rings is 1. The third-order valence-electron chi connectivity index (χ3n) is 3.75. The largest absolute Gasteiger partial charge is 0.274 e. The molecule has 1 saturated heterocycles. The highest BCUT2D eigenvalue weighted by molar-refractivity contribution is 6.20. The van der Waals surface area contributed by atoms with Gasteiger partial charge >= 0.3 is 0 Å². The lowest BCUT2D eigenvalue weighted by Crippen LogP contribution is -2.31. The summed E-state index contributed by atoms with van der Waals surface area (Å²) in [6, 6.07) is 11.0. The molecule has 0 aliphatic carbocycles. The van der Waals surface area contributed by atoms with Crippen molar-refractivity contribution in [1.82, 2.24) is 9.78 Å². The maximum atomic E-state index is 12.5. The van der Waals surface area contributed by atoms with Crippen LogP contribution >= 0.6 is 0 Å². The van der Waals surface area contributed by atoms with Gasteiger partial charge in [0, 0.05) is 12.1 Å². The van der Waals surface area contributed by atoms with E-state index >= 15 is 0 Å². The van der Waals surface area contributed by atoms with E-state index in [4.69, 9.17) is 0 Å². The van der Waals surface area contributed by atoms with Crippen molar-refractivity contribution in [1.29, 1.82) is 0 Å². The van der Waals surface area contributed by atoms with Gasteiger partial charge in [-0.2, -0.15) is 5.10 Å². The summed E-state index contributed by atoms with van der Waals surface area (Å²) in [6.45, 7) is 4.32. The molecule has 1 fully saturated rings. The molecule has 1 aromatic carbocycles. The minimum atomic E-state index is -0.337. The van der Waals surface area contributed by atoms with Crippen LogP contribution in [0.4, 0.5) is 5.69 Å². The van der Waals surface area contributed by atoms with Crippen molar-refractivity contribution < 1.29 is 9.59 Å². The smallest absolute Gasteiger partial charge is 0.239 e. The second-order valence-corrected chi connectivity index (χ2v) is 5.41. The van der Waals surface area contributed by atoms with Gasteiger partial charge in [-0.25, -0.2) is 0 Å². The predicted molar refractivity (Wildman–Crippen MR) is 78.7 cm³/mol. The van der Waals surface area contributed by atoms with Crippen LogP contribution in [-0.4, -0.2) is 21.6 Å². The van der Waals surface area contributed by atoms with Crippen molar-refractivity contribution in [2.75, 3.05) is 4.90 Å². The van der Waals surface area contributed by atoms with Gasteiger partial charge in [0.05, 0.1) is 23.8 Å². The number of aryl methyl sites for hydroxylation is 2. The van der Waals surface area contributed by atoms with Crippen molar-refractivity contribution in [2.24, 2.45) is 5.92 Å². The molecule has 1 aliphatic rings. The maximum Gasteiger partial charge on any atom is 0.239 e. The fourth-order valence-electron chi connectivity index (χ4n) is 2.75. The van der Waals surface area contributed by atoms with Gasteiger partial charge < -0.3 is 0 Å². The standard InChI is InChI=1S/C16H17N3O2/c1-11-8-12(2)18(17-11)10-13-9-15(20)19(16(13)21)14-6-4-3-5-7-14/h3-8,13H,9-10H2,1-2H3/t13-/m0/s1. The number of hydrogen-bond acceptors (Lipinski definition) is 3. The zero-order chi connectivity index (χ0) is 15.0. The fourth-order valence-corrected chi connectivity index (χ4v) is 2.75. The lowest BCUT2D eigenvalue weighted by atomic mass is 10.1. The van der Waals surface area contributed by atoms with E-state index < -0.39 is 0 Å². The number of para-hydroxylation sites is 1. The molecule has 5 nitrogen and oxygen atoms in total. The van der Waals surface area contributed by atoms with E-state index in [-0.39, 0.29) is 24.2 Å². The van der Waals surface area contributed by atoms with E-state index in [9.17, 15) is 9.59 Å². The molecule has 1 aromatic heterocycles. The van der Waals surface area contributed by atoms with E-state index in [0.29, 0.717) is 12.2 Å². The van der Waals surface area contributed by atoms with Crippen molar-refractivity contribution in [3.8, 4) is 0 Å². The summed E-state index contributed by atoms with van der Waals surface area (Å²) in [6.07, 6.45) is 0.242. The number of carbonyl (C=O) groups is 2. The summed E-state index contributed by atoms with van der Waals surface area (Å²) in [7, 11) is 0. The van der Waals surface area contributed by atoms with Crippen LogP contribution in [0.1, 0.15) is 17.8 Å². The second kappa shape index (κ2) is 5.16. The Bertz CT molecular complexity index is 691. The molecule has 0 bridgehead atoms. The lowest BCUT2D eigenvalue weighted by Gasteiger charge is -2.15. The Balaban J connectivity index is 1.82. The van der Waals surface area contributed by atoms with Crippen LogP contribution in [0, 0.1) is 19.8 Å². The Morgan fingerprint density at radius 3 is 2.52 bits per heavy atom. The molecule has 1 aliphatic heterocycles. The summed E-state index contributed by atoms with van der Waals surface area (Å²) in [5.41, 5.74) is 2.57. The van der Waals surface area contributed by atoms with Gasteiger partial charge in [-0.15, -0.1) is 0 Å². The molecule has 1 atom stereocenters. The van der Waals surface area contributed by atoms with Crippen molar-refractivity contribution >= 4 is 17.5 Å². The molecule has 2 aromatic rings. The molecule has 0 unspecified atom stereocenters. The highest BCUT2D eigenvalue weighted by Gasteiger charge is 2.39. The topological polar surface area (TPSA) is 55.2 Å². The van der Waals surface area contributed by atoms with Gasteiger partial charge in [0.15, 0.2) is 0 Å². The van der Waals surface area contributed by atoms with E-state index in [1.54, 1.807) is 16.8 Å². The number of carbonyl (C=O) groups excluding carboxylic acids is 2. The third kappa shape index (κ3) is 2.46. The summed E-state index contributed by atoms with van der Waals surface area (Å²) in [4.78, 5) is 25.9. The molecule has 108 valence electrons. The predicted octanol–water partition coefficient (Wildman–Crippen LogP) is 2.08. The highest BCUT2D eigenvalue weighted by atomic mass is 16.2. The first-order valence-electron chi connectivity index (χ1n) is 6.99. The zero-order valence-electron chi connectivity index (χ0n) is 12.1. The molecule has 2 amide bonds. The van der Waals surface area contributed by atoms with Crippen LogP contribution in [0.25, 0.3) is 0 Å². The number of aromatic nitrogens is 2. The maximum absolute atomic E-state index is 12.5. The average Bonchev–Trinajstić information content (AvgIpc) is 2.91. The first-order valence-corrected chi connectivity index (χ1v) is 6.99. The highest BCUT2D eigenvalue weighted by Crippen LogP contribution is 2.27. The molecule has 5 heteroatoms. The summed E-state index contributed by atoms with van der Waals surface area (Å²) in [5, 5.41) is 4.37. The van der Waals surface area contributed by atoms with Gasteiger partial charge in [0.25, 0.3) is 0 Å². The van der Waals surface area contributed by atoms with Gasteiger partial charge in [-0.3, -0.25) is 19.2 Å². The summed E-state index contributed by atoms with van der Waals surface area (Å²) < 4.78 is 1.81. The number of imide groups is 1. The lowest BCUT2D eigenvalue weighted by molar-refractivity contribution is -0.122. The molecular weight excluding hydrogens is 266 g/mol. The van der Waals surface area contributed by atoms with Gasteiger partial charge in [0.2, 0.25) is 11.8 Å². The minimum Gasteiger partial charge on any atom is -0.274 e. The van der Waals surface area contributed by atoms with Crippen molar-refractivity contribution in [3.05, 3.63) is 47.8 Å². The van der Waals surface area contributed by atoms with Crippen LogP contribution in [0.15, 0.2) is 36.4 Å². The number of rotatable bonds is 3. The van der Waals surface area contributed by atoms with Crippen molar-refractivity contribution in [2.45, 2.75) is 26.8 Å². The van der Waals surface area contributed by atoms with Crippen LogP contribution < -0.4 is 4.90 Å². The molecule has 2 heterocycles. The molecular formula is C16H17N3O2. The minimum absolute atomic E-state index is 0.140. The summed E-state index contributed by atoms with van der Waals surface area (Å²) >= 11 is 0. The second-order valence-electron chi connectivity index (χ2n) is 5.41. The number of hydrogen-bond donors (Lipinski definition) is 0. The Labute approximate surface area is 123 Å². The molecule has 0 radical (unpaired) electrons. The SMILES string of the molecule is Cc1cc(C)n(C[C@@H]2CC(=O)N(c3ccccc3)C2=O)n1. The van der Waals surface area contributed by atoms with E-state index in [1.807, 2.05) is 38.1 Å². The number of anilines is 1. The summed E-state index contributed by atoms with van der Waals surface area (Å²) in [5.74, 6) is -0.618. The number of amides is 2. The van der Waals surface area contributed by atoms with Gasteiger partial charge in [-0.05, 0) is 32.0 Å².